The van der Waals surface area contributed by atoms with Crippen LogP contribution < -0.4 is 21.1 Å². The molecule has 9 rings (SSSR count). The third kappa shape index (κ3) is 4.34. The lowest BCUT2D eigenvalue weighted by atomic mass is 9.55. The molecule has 0 atom stereocenters. The third-order valence-electron chi connectivity index (χ3n) is 10.3. The van der Waals surface area contributed by atoms with Crippen molar-refractivity contribution in [3.05, 3.63) is 162 Å². The summed E-state index contributed by atoms with van der Waals surface area (Å²) in [5, 5.41) is 6.34. The molecule has 0 unspecified atom stereocenters. The number of aryl methyl sites for hydroxylation is 1. The van der Waals surface area contributed by atoms with Crippen molar-refractivity contribution in [2.24, 2.45) is 0 Å². The first-order valence-corrected chi connectivity index (χ1v) is 16.6. The van der Waals surface area contributed by atoms with E-state index in [4.69, 9.17) is 0 Å². The van der Waals surface area contributed by atoms with E-state index in [9.17, 15) is 0 Å². The molecule has 7 aromatic rings. The molecule has 7 aromatic carbocycles. The van der Waals surface area contributed by atoms with Crippen molar-refractivity contribution in [3.63, 3.8) is 0 Å². The van der Waals surface area contributed by atoms with Crippen LogP contribution in [0.5, 0.6) is 0 Å². The Morgan fingerprint density at radius 1 is 0.617 bits per heavy atom. The third-order valence-corrected chi connectivity index (χ3v) is 10.3. The fourth-order valence-electron chi connectivity index (χ4n) is 8.01. The summed E-state index contributed by atoms with van der Waals surface area (Å²) in [6.07, 6.45) is 0. The maximum atomic E-state index is 3.85. The topological polar surface area (TPSA) is 15.3 Å². The van der Waals surface area contributed by atoms with E-state index in [1.165, 1.54) is 77.7 Å². The summed E-state index contributed by atoms with van der Waals surface area (Å²) in [7, 11) is 0.886. The molecule has 0 fully saturated rings. The molecule has 0 bridgehead atoms. The maximum absolute atomic E-state index is 3.85. The van der Waals surface area contributed by atoms with Gasteiger partial charge in [0.2, 0.25) is 0 Å². The zero-order valence-electron chi connectivity index (χ0n) is 27.0. The molecule has 0 saturated heterocycles. The minimum atomic E-state index is -0.0780. The number of hydrogen-bond donors (Lipinski definition) is 1. The molecule has 0 radical (unpaired) electrons. The van der Waals surface area contributed by atoms with Crippen LogP contribution in [0.15, 0.2) is 146 Å². The molecule has 2 nitrogen and oxygen atoms in total. The Morgan fingerprint density at radius 2 is 1.34 bits per heavy atom. The Morgan fingerprint density at radius 3 is 2.19 bits per heavy atom. The fourth-order valence-corrected chi connectivity index (χ4v) is 8.01. The lowest BCUT2D eigenvalue weighted by Crippen LogP contribution is -2.45. The minimum absolute atomic E-state index is 0.0780. The van der Waals surface area contributed by atoms with Gasteiger partial charge in [0.25, 0.3) is 0 Å². The SMILES string of the molecule is Cc1cc(-c2c(Nc3ccc(-c4ccccc4)cc3)ccc3ccccc23)c2c(c1)N1c3ccccc3C(C)(C)c3cccc(c31)B2. The average Bonchev–Trinajstić information content (AvgIpc) is 3.10. The highest BCUT2D eigenvalue weighted by atomic mass is 15.2. The standard InChI is InChI=1S/C44H35BN2/c1-28-26-34(42-40(27-28)47-39-19-10-9-16-35(39)44(2,3)36-17-11-18-37(45-42)43(36)47)41-33-15-8-7-14-31(33)22-25-38(41)46-32-23-20-30(21-24-32)29-12-5-4-6-13-29/h4-27,45-46H,1-3H3. The molecule has 0 aromatic heterocycles. The number of nitrogens with one attached hydrogen (secondary N) is 1. The van der Waals surface area contributed by atoms with Gasteiger partial charge in [-0.2, -0.15) is 0 Å². The Hall–Kier alpha value is -5.54. The lowest BCUT2D eigenvalue weighted by Gasteiger charge is -2.46. The van der Waals surface area contributed by atoms with E-state index in [2.05, 4.69) is 177 Å². The summed E-state index contributed by atoms with van der Waals surface area (Å²) in [4.78, 5) is 2.56. The number of anilines is 5. The summed E-state index contributed by atoms with van der Waals surface area (Å²) in [5.74, 6) is 0. The zero-order chi connectivity index (χ0) is 31.7. The Bertz CT molecular complexity index is 2340. The highest BCUT2D eigenvalue weighted by molar-refractivity contribution is 6.73. The van der Waals surface area contributed by atoms with Gasteiger partial charge in [-0.15, -0.1) is 0 Å². The van der Waals surface area contributed by atoms with Crippen LogP contribution in [-0.4, -0.2) is 7.28 Å². The molecule has 2 aliphatic rings. The second kappa shape index (κ2) is 10.5. The molecule has 0 saturated carbocycles. The van der Waals surface area contributed by atoms with Crippen LogP contribution >= 0.6 is 0 Å². The van der Waals surface area contributed by atoms with Gasteiger partial charge in [-0.05, 0) is 86.9 Å². The van der Waals surface area contributed by atoms with Gasteiger partial charge in [0.05, 0.1) is 5.69 Å². The van der Waals surface area contributed by atoms with Gasteiger partial charge in [-0.25, -0.2) is 0 Å². The van der Waals surface area contributed by atoms with Crippen LogP contribution in [0.4, 0.5) is 28.4 Å². The first-order chi connectivity index (χ1) is 23.0. The van der Waals surface area contributed by atoms with Crippen LogP contribution in [0.2, 0.25) is 0 Å². The van der Waals surface area contributed by atoms with Crippen molar-refractivity contribution in [2.75, 3.05) is 10.2 Å². The first-order valence-electron chi connectivity index (χ1n) is 16.6. The van der Waals surface area contributed by atoms with Gasteiger partial charge >= 0.3 is 0 Å². The predicted octanol–water partition coefficient (Wildman–Crippen LogP) is 10.0. The summed E-state index contributed by atoms with van der Waals surface area (Å²) in [5.41, 5.74) is 17.8. The van der Waals surface area contributed by atoms with Gasteiger partial charge in [0, 0.05) is 33.7 Å². The molecule has 1 N–H and O–H groups in total. The molecular weight excluding hydrogens is 567 g/mol. The summed E-state index contributed by atoms with van der Waals surface area (Å²) in [6, 6.07) is 53.4. The Labute approximate surface area is 277 Å². The number of para-hydroxylation sites is 2. The largest absolute Gasteiger partial charge is 0.355 e. The summed E-state index contributed by atoms with van der Waals surface area (Å²) >= 11 is 0. The van der Waals surface area contributed by atoms with Crippen molar-refractivity contribution < 1.29 is 0 Å². The van der Waals surface area contributed by atoms with E-state index >= 15 is 0 Å². The predicted molar refractivity (Wildman–Crippen MR) is 203 cm³/mol. The quantitative estimate of drug-likeness (QED) is 0.202. The van der Waals surface area contributed by atoms with Gasteiger partial charge in [0.1, 0.15) is 0 Å². The van der Waals surface area contributed by atoms with Crippen LogP contribution in [0.3, 0.4) is 0 Å². The van der Waals surface area contributed by atoms with Crippen molar-refractivity contribution in [1.29, 1.82) is 0 Å². The van der Waals surface area contributed by atoms with E-state index in [-0.39, 0.29) is 5.41 Å². The Balaban J connectivity index is 1.24. The molecule has 224 valence electrons. The highest BCUT2D eigenvalue weighted by Crippen LogP contribution is 2.52. The molecule has 0 spiro atoms. The normalized spacial score (nSPS) is 13.7. The highest BCUT2D eigenvalue weighted by Gasteiger charge is 2.41. The molecule has 0 aliphatic carbocycles. The van der Waals surface area contributed by atoms with E-state index in [1.807, 2.05) is 0 Å². The molecule has 2 aliphatic heterocycles. The van der Waals surface area contributed by atoms with Crippen LogP contribution in [0, 0.1) is 6.92 Å². The summed E-state index contributed by atoms with van der Waals surface area (Å²) in [6.45, 7) is 6.98. The van der Waals surface area contributed by atoms with E-state index in [1.54, 1.807) is 0 Å². The number of nitrogens with zero attached hydrogens (tertiary/aromatic N) is 1. The van der Waals surface area contributed by atoms with Crippen LogP contribution in [0.25, 0.3) is 33.0 Å². The van der Waals surface area contributed by atoms with Gasteiger partial charge in [-0.3, -0.25) is 0 Å². The van der Waals surface area contributed by atoms with Gasteiger partial charge in [-0.1, -0.05) is 135 Å². The fraction of sp³-hybridized carbons (Fsp3) is 0.0909. The molecule has 0 amide bonds. The van der Waals surface area contributed by atoms with Crippen molar-refractivity contribution >= 4 is 57.4 Å². The van der Waals surface area contributed by atoms with Crippen LogP contribution in [0.1, 0.15) is 30.5 Å². The number of fused-ring (bicyclic) bond motifs is 5. The molecular formula is C44H35BN2. The van der Waals surface area contributed by atoms with Crippen LogP contribution in [-0.2, 0) is 5.41 Å². The second-order valence-corrected chi connectivity index (χ2v) is 13.6. The maximum Gasteiger partial charge on any atom is 0.198 e. The van der Waals surface area contributed by atoms with Gasteiger partial charge < -0.3 is 10.2 Å². The van der Waals surface area contributed by atoms with Crippen molar-refractivity contribution in [3.8, 4) is 22.3 Å². The number of benzene rings is 7. The zero-order valence-corrected chi connectivity index (χ0v) is 27.0. The number of rotatable bonds is 4. The average molecular weight is 603 g/mol. The monoisotopic (exact) mass is 602 g/mol. The minimum Gasteiger partial charge on any atom is -0.355 e. The van der Waals surface area contributed by atoms with E-state index in [0.29, 0.717) is 0 Å². The lowest BCUT2D eigenvalue weighted by molar-refractivity contribution is 0.632. The molecule has 3 heteroatoms. The number of hydrogen-bond acceptors (Lipinski definition) is 2. The molecule has 47 heavy (non-hydrogen) atoms. The van der Waals surface area contributed by atoms with E-state index < -0.39 is 0 Å². The Kier molecular flexibility index (Phi) is 6.20. The van der Waals surface area contributed by atoms with Crippen molar-refractivity contribution in [2.45, 2.75) is 26.2 Å². The summed E-state index contributed by atoms with van der Waals surface area (Å²) < 4.78 is 0. The molecule has 2 heterocycles. The van der Waals surface area contributed by atoms with E-state index in [0.717, 1.165) is 18.7 Å². The second-order valence-electron chi connectivity index (χ2n) is 13.6. The smallest absolute Gasteiger partial charge is 0.198 e. The first kappa shape index (κ1) is 27.7. The van der Waals surface area contributed by atoms with Crippen molar-refractivity contribution in [1.82, 2.24) is 0 Å². The van der Waals surface area contributed by atoms with Gasteiger partial charge in [0.15, 0.2) is 7.28 Å².